The number of rotatable bonds is 3. The molecular formula is C20H14N2S. The summed E-state index contributed by atoms with van der Waals surface area (Å²) in [5.74, 6) is 6.30. The predicted molar refractivity (Wildman–Crippen MR) is 95.5 cm³/mol. The molecule has 0 radical (unpaired) electrons. The summed E-state index contributed by atoms with van der Waals surface area (Å²) >= 11 is 1.57. The molecule has 0 fully saturated rings. The van der Waals surface area contributed by atoms with Crippen LogP contribution < -0.4 is 0 Å². The van der Waals surface area contributed by atoms with Crippen LogP contribution in [0.25, 0.3) is 16.1 Å². The summed E-state index contributed by atoms with van der Waals surface area (Å²) in [5, 5.41) is 2.89. The van der Waals surface area contributed by atoms with E-state index in [1.807, 2.05) is 47.8 Å². The zero-order chi connectivity index (χ0) is 15.9. The Morgan fingerprint density at radius 2 is 1.96 bits per heavy atom. The Morgan fingerprint density at radius 1 is 1.09 bits per heavy atom. The molecule has 1 aromatic heterocycles. The molecule has 0 N–H and O–H groups in total. The highest BCUT2D eigenvalue weighted by atomic mass is 32.1. The molecule has 0 aliphatic heterocycles. The lowest BCUT2D eigenvalue weighted by Crippen LogP contribution is -1.82. The predicted octanol–water partition coefficient (Wildman–Crippen LogP) is 5.35. The van der Waals surface area contributed by atoms with Crippen molar-refractivity contribution in [3.8, 4) is 23.1 Å². The molecule has 3 rings (SSSR count). The van der Waals surface area contributed by atoms with Crippen LogP contribution in [0.3, 0.4) is 0 Å². The van der Waals surface area contributed by atoms with Gasteiger partial charge in [-0.1, -0.05) is 66.1 Å². The quantitative estimate of drug-likeness (QED) is 0.471. The molecule has 2 nitrogen and oxygen atoms in total. The summed E-state index contributed by atoms with van der Waals surface area (Å²) in [5.41, 5.74) is 3.93. The molecule has 1 heterocycles. The van der Waals surface area contributed by atoms with Gasteiger partial charge in [-0.05, 0) is 12.3 Å². The highest BCUT2D eigenvalue weighted by Gasteiger charge is 2.01. The maximum absolute atomic E-state index is 7.03. The van der Waals surface area contributed by atoms with Crippen molar-refractivity contribution < 1.29 is 0 Å². The van der Waals surface area contributed by atoms with Crippen LogP contribution in [0.15, 0.2) is 60.0 Å². The van der Waals surface area contributed by atoms with Crippen molar-refractivity contribution in [3.63, 3.8) is 0 Å². The highest BCUT2D eigenvalue weighted by molar-refractivity contribution is 7.10. The van der Waals surface area contributed by atoms with Crippen LogP contribution in [-0.4, -0.2) is 4.98 Å². The highest BCUT2D eigenvalue weighted by Crippen LogP contribution is 2.21. The van der Waals surface area contributed by atoms with Gasteiger partial charge in [0.15, 0.2) is 10.7 Å². The Morgan fingerprint density at radius 3 is 2.78 bits per heavy atom. The summed E-state index contributed by atoms with van der Waals surface area (Å²) in [4.78, 5) is 8.00. The fraction of sp³-hybridized carbons (Fsp3) is 0.100. The normalized spacial score (nSPS) is 9.70. The third-order valence-corrected chi connectivity index (χ3v) is 4.11. The SMILES string of the molecule is [C-]#[N+]c1cccc(CCC#Cc2nc(-c3ccccc3)cs2)c1. The number of aryl methyl sites for hydroxylation is 1. The van der Waals surface area contributed by atoms with Gasteiger partial charge in [0.25, 0.3) is 0 Å². The van der Waals surface area contributed by atoms with Crippen LogP contribution in [0, 0.1) is 18.4 Å². The summed E-state index contributed by atoms with van der Waals surface area (Å²) in [6.45, 7) is 7.03. The second kappa shape index (κ2) is 7.40. The van der Waals surface area contributed by atoms with E-state index in [-0.39, 0.29) is 0 Å². The molecule has 0 bridgehead atoms. The second-order valence-electron chi connectivity index (χ2n) is 4.99. The van der Waals surface area contributed by atoms with Gasteiger partial charge in [-0.2, -0.15) is 0 Å². The third kappa shape index (κ3) is 4.07. The molecule has 3 aromatic rings. The van der Waals surface area contributed by atoms with Crippen LogP contribution >= 0.6 is 11.3 Å². The first-order chi connectivity index (χ1) is 11.3. The molecule has 0 unspecified atom stereocenters. The van der Waals surface area contributed by atoms with E-state index in [2.05, 4.69) is 33.8 Å². The van der Waals surface area contributed by atoms with Gasteiger partial charge < -0.3 is 0 Å². The molecule has 0 amide bonds. The van der Waals surface area contributed by atoms with Crippen molar-refractivity contribution in [3.05, 3.63) is 82.0 Å². The van der Waals surface area contributed by atoms with E-state index >= 15 is 0 Å². The molecule has 0 spiro atoms. The van der Waals surface area contributed by atoms with E-state index < -0.39 is 0 Å². The Balaban J connectivity index is 1.62. The van der Waals surface area contributed by atoms with Gasteiger partial charge >= 0.3 is 0 Å². The van der Waals surface area contributed by atoms with E-state index in [1.54, 1.807) is 11.3 Å². The fourth-order valence-corrected chi connectivity index (χ4v) is 2.89. The summed E-state index contributed by atoms with van der Waals surface area (Å²) in [7, 11) is 0. The molecule has 2 aromatic carbocycles. The monoisotopic (exact) mass is 314 g/mol. The van der Waals surface area contributed by atoms with Crippen LogP contribution in [-0.2, 0) is 6.42 Å². The van der Waals surface area contributed by atoms with E-state index in [4.69, 9.17) is 6.57 Å². The fourth-order valence-electron chi connectivity index (χ4n) is 2.20. The standard InChI is InChI=1S/C20H14N2S/c1-21-18-12-7-9-16(14-18)8-5-6-13-20-22-19(15-23-20)17-10-3-2-4-11-17/h2-4,7,9-12,14-15H,5,8H2. The maximum Gasteiger partial charge on any atom is 0.187 e. The molecule has 3 heteroatoms. The number of thiazole rings is 1. The average Bonchev–Trinajstić information content (AvgIpc) is 3.09. The molecule has 0 atom stereocenters. The second-order valence-corrected chi connectivity index (χ2v) is 5.85. The van der Waals surface area contributed by atoms with Crippen molar-refractivity contribution in [2.45, 2.75) is 12.8 Å². The first-order valence-corrected chi connectivity index (χ1v) is 8.19. The van der Waals surface area contributed by atoms with Crippen molar-refractivity contribution >= 4 is 17.0 Å². The Bertz CT molecular complexity index is 892. The molecule has 110 valence electrons. The van der Waals surface area contributed by atoms with Crippen LogP contribution in [0.1, 0.15) is 17.0 Å². The molecule has 0 saturated heterocycles. The van der Waals surface area contributed by atoms with Crippen LogP contribution in [0.4, 0.5) is 5.69 Å². The number of benzene rings is 2. The van der Waals surface area contributed by atoms with Crippen molar-refractivity contribution in [1.29, 1.82) is 0 Å². The summed E-state index contributed by atoms with van der Waals surface area (Å²) in [6.07, 6.45) is 1.62. The third-order valence-electron chi connectivity index (χ3n) is 3.35. The van der Waals surface area contributed by atoms with Crippen molar-refractivity contribution in [2.75, 3.05) is 0 Å². The van der Waals surface area contributed by atoms with Crippen LogP contribution in [0.5, 0.6) is 0 Å². The minimum atomic E-state index is 0.683. The molecule has 0 aliphatic rings. The first kappa shape index (κ1) is 15.0. The Hall–Kier alpha value is -2.88. The van der Waals surface area contributed by atoms with Gasteiger partial charge in [0.2, 0.25) is 0 Å². The van der Waals surface area contributed by atoms with E-state index in [0.717, 1.165) is 34.7 Å². The average molecular weight is 314 g/mol. The molecule has 0 aliphatic carbocycles. The van der Waals surface area contributed by atoms with Crippen molar-refractivity contribution in [2.24, 2.45) is 0 Å². The minimum absolute atomic E-state index is 0.683. The molecule has 0 saturated carbocycles. The van der Waals surface area contributed by atoms with Crippen molar-refractivity contribution in [1.82, 2.24) is 4.98 Å². The lowest BCUT2D eigenvalue weighted by molar-refractivity contribution is 1.03. The first-order valence-electron chi connectivity index (χ1n) is 7.31. The maximum atomic E-state index is 7.03. The topological polar surface area (TPSA) is 17.2 Å². The number of aromatic nitrogens is 1. The summed E-state index contributed by atoms with van der Waals surface area (Å²) in [6, 6.07) is 17.8. The van der Waals surface area contributed by atoms with Gasteiger partial charge in [0.1, 0.15) is 0 Å². The van der Waals surface area contributed by atoms with E-state index in [0.29, 0.717) is 5.69 Å². The number of hydrogen-bond acceptors (Lipinski definition) is 2. The lowest BCUT2D eigenvalue weighted by atomic mass is 10.1. The van der Waals surface area contributed by atoms with Gasteiger partial charge in [-0.25, -0.2) is 9.83 Å². The van der Waals surface area contributed by atoms with Gasteiger partial charge in [-0.15, -0.1) is 11.3 Å². The smallest absolute Gasteiger partial charge is 0.187 e. The Labute approximate surface area is 140 Å². The zero-order valence-corrected chi connectivity index (χ0v) is 13.3. The zero-order valence-electron chi connectivity index (χ0n) is 12.5. The van der Waals surface area contributed by atoms with Gasteiger partial charge in [0.05, 0.1) is 12.3 Å². The number of nitrogens with zero attached hydrogens (tertiary/aromatic N) is 2. The van der Waals surface area contributed by atoms with Crippen LogP contribution in [0.2, 0.25) is 0 Å². The number of hydrogen-bond donors (Lipinski definition) is 0. The van der Waals surface area contributed by atoms with Gasteiger partial charge in [0, 0.05) is 17.4 Å². The largest absolute Gasteiger partial charge is 0.238 e. The van der Waals surface area contributed by atoms with Gasteiger partial charge in [-0.3, -0.25) is 0 Å². The van der Waals surface area contributed by atoms with E-state index in [9.17, 15) is 0 Å². The Kier molecular flexibility index (Phi) is 4.84. The summed E-state index contributed by atoms with van der Waals surface area (Å²) < 4.78 is 0. The molecular weight excluding hydrogens is 300 g/mol. The molecule has 23 heavy (non-hydrogen) atoms. The lowest BCUT2D eigenvalue weighted by Gasteiger charge is -1.97. The minimum Gasteiger partial charge on any atom is -0.238 e. The van der Waals surface area contributed by atoms with E-state index in [1.165, 1.54) is 0 Å².